The summed E-state index contributed by atoms with van der Waals surface area (Å²) in [6, 6.07) is 0.177. The molecular formula is C9H18N2O. The van der Waals surface area contributed by atoms with Gasteiger partial charge in [-0.15, -0.1) is 0 Å². The molecule has 1 N–H and O–H groups in total. The van der Waals surface area contributed by atoms with Gasteiger partial charge >= 0.3 is 0 Å². The minimum Gasteiger partial charge on any atom is -0.350 e. The zero-order valence-electron chi connectivity index (χ0n) is 8.35. The quantitative estimate of drug-likeness (QED) is 0.628. The van der Waals surface area contributed by atoms with E-state index < -0.39 is 0 Å². The molecule has 3 heteroatoms. The summed E-state index contributed by atoms with van der Waals surface area (Å²) in [5, 5.41) is 2.78. The van der Waals surface area contributed by atoms with Crippen molar-refractivity contribution in [2.24, 2.45) is 0 Å². The van der Waals surface area contributed by atoms with Gasteiger partial charge in [0.1, 0.15) is 0 Å². The normalized spacial score (nSPS) is 10.5. The van der Waals surface area contributed by atoms with E-state index in [4.69, 9.17) is 0 Å². The van der Waals surface area contributed by atoms with E-state index >= 15 is 0 Å². The molecule has 0 aromatic carbocycles. The first-order chi connectivity index (χ1) is 5.43. The third-order valence-electron chi connectivity index (χ3n) is 1.25. The number of nitrogens with zero attached hydrogens (tertiary/aromatic N) is 1. The maximum Gasteiger partial charge on any atom is 0.248 e. The molecule has 0 unspecified atom stereocenters. The topological polar surface area (TPSA) is 32.3 Å². The number of rotatable bonds is 4. The molecule has 0 rings (SSSR count). The Balaban J connectivity index is 3.86. The molecule has 0 saturated carbocycles. The van der Waals surface area contributed by atoms with E-state index in [-0.39, 0.29) is 11.9 Å². The monoisotopic (exact) mass is 170 g/mol. The fourth-order valence-corrected chi connectivity index (χ4v) is 0.818. The summed E-state index contributed by atoms with van der Waals surface area (Å²) in [6.45, 7) is 8.17. The van der Waals surface area contributed by atoms with Crippen molar-refractivity contribution in [1.82, 2.24) is 10.2 Å². The van der Waals surface area contributed by atoms with Crippen LogP contribution in [0.1, 0.15) is 13.8 Å². The summed E-state index contributed by atoms with van der Waals surface area (Å²) in [5.74, 6) is -0.0568. The first kappa shape index (κ1) is 11.2. The zero-order valence-corrected chi connectivity index (χ0v) is 8.35. The number of hydrogen-bond donors (Lipinski definition) is 1. The highest BCUT2D eigenvalue weighted by molar-refractivity contribution is 5.93. The fourth-order valence-electron chi connectivity index (χ4n) is 0.818. The minimum atomic E-state index is -0.0568. The van der Waals surface area contributed by atoms with E-state index in [0.717, 1.165) is 0 Å². The lowest BCUT2D eigenvalue weighted by atomic mass is 10.2. The van der Waals surface area contributed by atoms with Gasteiger partial charge in [-0.05, 0) is 27.9 Å². The Morgan fingerprint density at radius 3 is 2.33 bits per heavy atom. The Bertz CT molecular complexity index is 153. The van der Waals surface area contributed by atoms with Gasteiger partial charge in [0.2, 0.25) is 5.91 Å². The van der Waals surface area contributed by atoms with Gasteiger partial charge in [-0.2, -0.15) is 0 Å². The Hall–Kier alpha value is -0.830. The maximum atomic E-state index is 11.3. The van der Waals surface area contributed by atoms with Crippen LogP contribution in [0.25, 0.3) is 0 Å². The standard InChI is InChI=1S/C9H18N2O/c1-7(2)10-9(12)8(3)6-11(4)5/h7H,3,6H2,1-2,4-5H3,(H,10,12). The van der Waals surface area contributed by atoms with Crippen LogP contribution in [0, 0.1) is 0 Å². The molecule has 0 aromatic heterocycles. The molecular weight excluding hydrogens is 152 g/mol. The maximum absolute atomic E-state index is 11.3. The number of carbonyl (C=O) groups is 1. The molecule has 3 nitrogen and oxygen atoms in total. The lowest BCUT2D eigenvalue weighted by molar-refractivity contribution is -0.118. The Kier molecular flexibility index (Phi) is 4.59. The minimum absolute atomic E-state index is 0.0568. The molecule has 70 valence electrons. The van der Waals surface area contributed by atoms with Gasteiger partial charge in [-0.25, -0.2) is 0 Å². The van der Waals surface area contributed by atoms with Gasteiger partial charge in [0.15, 0.2) is 0 Å². The van der Waals surface area contributed by atoms with Crippen molar-refractivity contribution in [3.8, 4) is 0 Å². The summed E-state index contributed by atoms with van der Waals surface area (Å²) in [6.07, 6.45) is 0. The number of nitrogens with one attached hydrogen (secondary N) is 1. The summed E-state index contributed by atoms with van der Waals surface area (Å²) in [5.41, 5.74) is 0.605. The van der Waals surface area contributed by atoms with Crippen LogP contribution < -0.4 is 5.32 Å². The molecule has 12 heavy (non-hydrogen) atoms. The molecule has 0 aliphatic heterocycles. The summed E-state index contributed by atoms with van der Waals surface area (Å²) >= 11 is 0. The Morgan fingerprint density at radius 1 is 1.50 bits per heavy atom. The third-order valence-corrected chi connectivity index (χ3v) is 1.25. The van der Waals surface area contributed by atoms with Crippen LogP contribution >= 0.6 is 0 Å². The second kappa shape index (κ2) is 4.93. The van der Waals surface area contributed by atoms with Crippen molar-refractivity contribution < 1.29 is 4.79 Å². The highest BCUT2D eigenvalue weighted by Gasteiger charge is 2.07. The van der Waals surface area contributed by atoms with Crippen LogP contribution in [0.3, 0.4) is 0 Å². The average molecular weight is 170 g/mol. The molecule has 0 saturated heterocycles. The second-order valence-electron chi connectivity index (χ2n) is 3.47. The van der Waals surface area contributed by atoms with Crippen LogP contribution in [0.2, 0.25) is 0 Å². The van der Waals surface area contributed by atoms with Crippen LogP contribution in [0.5, 0.6) is 0 Å². The smallest absolute Gasteiger partial charge is 0.248 e. The Labute approximate surface area is 74.4 Å². The SMILES string of the molecule is C=C(CN(C)C)C(=O)NC(C)C. The van der Waals surface area contributed by atoms with E-state index in [9.17, 15) is 4.79 Å². The first-order valence-electron chi connectivity index (χ1n) is 4.07. The van der Waals surface area contributed by atoms with E-state index in [0.29, 0.717) is 12.1 Å². The largest absolute Gasteiger partial charge is 0.350 e. The van der Waals surface area contributed by atoms with Crippen LogP contribution in [-0.2, 0) is 4.79 Å². The van der Waals surface area contributed by atoms with Gasteiger partial charge in [0, 0.05) is 18.2 Å². The predicted molar refractivity (Wildman–Crippen MR) is 51.0 cm³/mol. The van der Waals surface area contributed by atoms with Gasteiger partial charge in [0.05, 0.1) is 0 Å². The van der Waals surface area contributed by atoms with Crippen molar-refractivity contribution in [2.75, 3.05) is 20.6 Å². The van der Waals surface area contributed by atoms with Gasteiger partial charge in [-0.3, -0.25) is 4.79 Å². The van der Waals surface area contributed by atoms with Crippen molar-refractivity contribution in [2.45, 2.75) is 19.9 Å². The molecule has 0 aromatic rings. The van der Waals surface area contributed by atoms with Crippen molar-refractivity contribution in [1.29, 1.82) is 0 Å². The molecule has 0 aliphatic carbocycles. The fraction of sp³-hybridized carbons (Fsp3) is 0.667. The summed E-state index contributed by atoms with van der Waals surface area (Å²) < 4.78 is 0. The van der Waals surface area contributed by atoms with Crippen molar-refractivity contribution >= 4 is 5.91 Å². The molecule has 0 radical (unpaired) electrons. The van der Waals surface area contributed by atoms with Crippen LogP contribution in [0.15, 0.2) is 12.2 Å². The average Bonchev–Trinajstić information content (AvgIpc) is 1.84. The third kappa shape index (κ3) is 4.91. The highest BCUT2D eigenvalue weighted by atomic mass is 16.1. The van der Waals surface area contributed by atoms with Crippen molar-refractivity contribution in [3.63, 3.8) is 0 Å². The second-order valence-corrected chi connectivity index (χ2v) is 3.47. The number of hydrogen-bond acceptors (Lipinski definition) is 2. The molecule has 0 spiro atoms. The molecule has 0 bridgehead atoms. The lowest BCUT2D eigenvalue weighted by Crippen LogP contribution is -2.34. The molecule has 0 aliphatic rings. The molecule has 1 amide bonds. The van der Waals surface area contributed by atoms with E-state index in [1.807, 2.05) is 32.8 Å². The van der Waals surface area contributed by atoms with Gasteiger partial charge < -0.3 is 10.2 Å². The van der Waals surface area contributed by atoms with Crippen LogP contribution in [-0.4, -0.2) is 37.5 Å². The summed E-state index contributed by atoms with van der Waals surface area (Å²) in [4.78, 5) is 13.2. The lowest BCUT2D eigenvalue weighted by Gasteiger charge is -2.13. The van der Waals surface area contributed by atoms with E-state index in [2.05, 4.69) is 11.9 Å². The summed E-state index contributed by atoms with van der Waals surface area (Å²) in [7, 11) is 3.82. The molecule has 0 atom stereocenters. The van der Waals surface area contributed by atoms with E-state index in [1.165, 1.54) is 0 Å². The predicted octanol–water partition coefficient (Wildman–Crippen LogP) is 0.629. The van der Waals surface area contributed by atoms with E-state index in [1.54, 1.807) is 0 Å². The zero-order chi connectivity index (χ0) is 9.72. The van der Waals surface area contributed by atoms with Crippen molar-refractivity contribution in [3.05, 3.63) is 12.2 Å². The first-order valence-corrected chi connectivity index (χ1v) is 4.07. The van der Waals surface area contributed by atoms with Crippen LogP contribution in [0.4, 0.5) is 0 Å². The molecule has 0 heterocycles. The highest BCUT2D eigenvalue weighted by Crippen LogP contribution is 1.93. The number of likely N-dealkylation sites (N-methyl/N-ethyl adjacent to an activating group) is 1. The van der Waals surface area contributed by atoms with Gasteiger partial charge in [0.25, 0.3) is 0 Å². The molecule has 0 fully saturated rings. The number of carbonyl (C=O) groups excluding carboxylic acids is 1. The van der Waals surface area contributed by atoms with Gasteiger partial charge in [-0.1, -0.05) is 6.58 Å². The Morgan fingerprint density at radius 2 is 2.00 bits per heavy atom. The number of amides is 1.